The van der Waals surface area contributed by atoms with Crippen molar-refractivity contribution in [2.24, 2.45) is 0 Å². The van der Waals surface area contributed by atoms with Crippen LogP contribution in [-0.2, 0) is 9.59 Å². The normalized spacial score (nSPS) is 22.6. The van der Waals surface area contributed by atoms with E-state index in [1.807, 2.05) is 24.8 Å². The summed E-state index contributed by atoms with van der Waals surface area (Å²) in [5, 5.41) is 3.62. The quantitative estimate of drug-likeness (QED) is 0.578. The third kappa shape index (κ3) is 2.94. The van der Waals surface area contributed by atoms with Gasteiger partial charge in [0, 0.05) is 33.2 Å². The summed E-state index contributed by atoms with van der Waals surface area (Å²) in [5.74, 6) is -0.189. The van der Waals surface area contributed by atoms with E-state index in [4.69, 9.17) is 12.2 Å². The van der Waals surface area contributed by atoms with Crippen LogP contribution in [0.3, 0.4) is 0 Å². The maximum absolute atomic E-state index is 12.8. The predicted molar refractivity (Wildman–Crippen MR) is 84.7 cm³/mol. The molecule has 2 heterocycles. The van der Waals surface area contributed by atoms with Gasteiger partial charge in [-0.3, -0.25) is 14.5 Å². The topological polar surface area (TPSA) is 55.9 Å². The molecule has 6 nitrogen and oxygen atoms in total. The molecule has 0 spiro atoms. The SMILES string of the molecule is CCN(CC)C(=S)N1CC(=O)N(C)C(C2=CCNC2)C1=O. The Hall–Kier alpha value is -1.47. The molecular formula is C14H22N4O2S. The number of carbonyl (C=O) groups excluding carboxylic acids is 2. The Bertz CT molecular complexity index is 487. The average Bonchev–Trinajstić information content (AvgIpc) is 2.98. The predicted octanol–water partition coefficient (Wildman–Crippen LogP) is -0.188. The number of nitrogens with zero attached hydrogens (tertiary/aromatic N) is 3. The van der Waals surface area contributed by atoms with Gasteiger partial charge in [-0.15, -0.1) is 0 Å². The number of likely N-dealkylation sites (N-methyl/N-ethyl adjacent to an activating group) is 1. The second-order valence-corrected chi connectivity index (χ2v) is 5.56. The monoisotopic (exact) mass is 310 g/mol. The van der Waals surface area contributed by atoms with Crippen LogP contribution in [0.4, 0.5) is 0 Å². The molecule has 1 unspecified atom stereocenters. The van der Waals surface area contributed by atoms with Crippen molar-refractivity contribution in [3.05, 3.63) is 11.6 Å². The maximum atomic E-state index is 12.8. The smallest absolute Gasteiger partial charge is 0.256 e. The van der Waals surface area contributed by atoms with Gasteiger partial charge in [-0.05, 0) is 31.6 Å². The molecule has 21 heavy (non-hydrogen) atoms. The second-order valence-electron chi connectivity index (χ2n) is 5.20. The van der Waals surface area contributed by atoms with Crippen LogP contribution >= 0.6 is 12.2 Å². The Kier molecular flexibility index (Phi) is 4.95. The molecule has 1 fully saturated rings. The van der Waals surface area contributed by atoms with Crippen LogP contribution in [0.5, 0.6) is 0 Å². The fraction of sp³-hybridized carbons (Fsp3) is 0.643. The van der Waals surface area contributed by atoms with Crippen molar-refractivity contribution in [3.8, 4) is 0 Å². The molecule has 2 aliphatic rings. The zero-order valence-corrected chi connectivity index (χ0v) is 13.6. The summed E-state index contributed by atoms with van der Waals surface area (Å²) in [6, 6.07) is -0.533. The zero-order valence-electron chi connectivity index (χ0n) is 12.8. The van der Waals surface area contributed by atoms with Crippen LogP contribution in [0.25, 0.3) is 0 Å². The van der Waals surface area contributed by atoms with Crippen LogP contribution in [0.2, 0.25) is 0 Å². The molecule has 0 bridgehead atoms. The van der Waals surface area contributed by atoms with Gasteiger partial charge in [-0.2, -0.15) is 0 Å². The van der Waals surface area contributed by atoms with E-state index >= 15 is 0 Å². The Labute approximate surface area is 130 Å². The summed E-state index contributed by atoms with van der Waals surface area (Å²) >= 11 is 5.42. The van der Waals surface area contributed by atoms with E-state index in [1.165, 1.54) is 9.80 Å². The summed E-state index contributed by atoms with van der Waals surface area (Å²) in [4.78, 5) is 29.9. The number of rotatable bonds is 3. The number of carbonyl (C=O) groups is 2. The third-order valence-corrected chi connectivity index (χ3v) is 4.51. The van der Waals surface area contributed by atoms with Gasteiger partial charge in [0.05, 0.1) is 0 Å². The molecule has 2 amide bonds. The average molecular weight is 310 g/mol. The summed E-state index contributed by atoms with van der Waals surface area (Å²) in [5.41, 5.74) is 0.947. The van der Waals surface area contributed by atoms with E-state index in [0.29, 0.717) is 11.7 Å². The number of piperazine rings is 1. The summed E-state index contributed by atoms with van der Waals surface area (Å²) in [6.45, 7) is 6.82. The lowest BCUT2D eigenvalue weighted by molar-refractivity contribution is -0.149. The highest BCUT2D eigenvalue weighted by Gasteiger charge is 2.41. The van der Waals surface area contributed by atoms with Crippen LogP contribution in [0.1, 0.15) is 13.8 Å². The minimum atomic E-state index is -0.533. The number of amides is 2. The molecule has 0 radical (unpaired) electrons. The number of hydrogen-bond donors (Lipinski definition) is 1. The largest absolute Gasteiger partial charge is 0.349 e. The fourth-order valence-electron chi connectivity index (χ4n) is 2.72. The first-order valence-electron chi connectivity index (χ1n) is 7.26. The summed E-state index contributed by atoms with van der Waals surface area (Å²) in [7, 11) is 1.68. The molecular weight excluding hydrogens is 288 g/mol. The molecule has 0 aromatic heterocycles. The zero-order chi connectivity index (χ0) is 15.6. The molecule has 1 saturated heterocycles. The van der Waals surface area contributed by atoms with Gasteiger partial charge in [0.2, 0.25) is 5.91 Å². The highest BCUT2D eigenvalue weighted by atomic mass is 32.1. The van der Waals surface area contributed by atoms with E-state index in [-0.39, 0.29) is 18.4 Å². The molecule has 0 aliphatic carbocycles. The van der Waals surface area contributed by atoms with Gasteiger partial charge >= 0.3 is 0 Å². The maximum Gasteiger partial charge on any atom is 0.256 e. The van der Waals surface area contributed by atoms with Crippen molar-refractivity contribution >= 4 is 29.1 Å². The molecule has 1 atom stereocenters. The Morgan fingerprint density at radius 3 is 2.62 bits per heavy atom. The van der Waals surface area contributed by atoms with Gasteiger partial charge in [0.25, 0.3) is 5.91 Å². The summed E-state index contributed by atoms with van der Waals surface area (Å²) in [6.07, 6.45) is 1.98. The van der Waals surface area contributed by atoms with Crippen molar-refractivity contribution in [3.63, 3.8) is 0 Å². The molecule has 0 aromatic carbocycles. The number of nitrogens with one attached hydrogen (secondary N) is 1. The van der Waals surface area contributed by atoms with Gasteiger partial charge in [-0.1, -0.05) is 6.08 Å². The molecule has 0 aromatic rings. The first-order chi connectivity index (χ1) is 10.0. The number of thiocarbonyl (C=S) groups is 1. The lowest BCUT2D eigenvalue weighted by Crippen LogP contribution is -2.62. The van der Waals surface area contributed by atoms with E-state index in [2.05, 4.69) is 5.32 Å². The van der Waals surface area contributed by atoms with Crippen LogP contribution < -0.4 is 5.32 Å². The standard InChI is InChI=1S/C14H22N4O2S/c1-4-17(5-2)14(21)18-9-11(19)16(3)12(13(18)20)10-6-7-15-8-10/h6,12,15H,4-5,7-9H2,1-3H3. The third-order valence-electron chi connectivity index (χ3n) is 4.03. The van der Waals surface area contributed by atoms with Crippen molar-refractivity contribution in [1.29, 1.82) is 0 Å². The molecule has 7 heteroatoms. The first-order valence-corrected chi connectivity index (χ1v) is 7.67. The molecule has 0 saturated carbocycles. The Morgan fingerprint density at radius 2 is 2.10 bits per heavy atom. The van der Waals surface area contributed by atoms with Gasteiger partial charge in [-0.25, -0.2) is 0 Å². The van der Waals surface area contributed by atoms with E-state index in [0.717, 1.165) is 25.2 Å². The van der Waals surface area contributed by atoms with Gasteiger partial charge < -0.3 is 15.1 Å². The highest BCUT2D eigenvalue weighted by Crippen LogP contribution is 2.20. The van der Waals surface area contributed by atoms with Crippen molar-refractivity contribution in [2.75, 3.05) is 39.8 Å². The summed E-state index contributed by atoms with van der Waals surface area (Å²) < 4.78 is 0. The van der Waals surface area contributed by atoms with Crippen LogP contribution in [-0.4, -0.2) is 77.4 Å². The minimum absolute atomic E-state index is 0.0296. The Balaban J connectivity index is 2.26. The fourth-order valence-corrected chi connectivity index (χ4v) is 3.13. The van der Waals surface area contributed by atoms with Crippen LogP contribution in [0, 0.1) is 0 Å². The lowest BCUT2D eigenvalue weighted by atomic mass is 10.0. The van der Waals surface area contributed by atoms with Crippen LogP contribution in [0.15, 0.2) is 11.6 Å². The molecule has 2 rings (SSSR count). The number of hydrogen-bond acceptors (Lipinski definition) is 4. The highest BCUT2D eigenvalue weighted by molar-refractivity contribution is 7.80. The van der Waals surface area contributed by atoms with E-state index in [1.54, 1.807) is 7.05 Å². The molecule has 1 N–H and O–H groups in total. The van der Waals surface area contributed by atoms with Crippen molar-refractivity contribution < 1.29 is 9.59 Å². The van der Waals surface area contributed by atoms with Crippen molar-refractivity contribution in [1.82, 2.24) is 20.0 Å². The molecule has 116 valence electrons. The Morgan fingerprint density at radius 1 is 1.43 bits per heavy atom. The second kappa shape index (κ2) is 6.53. The van der Waals surface area contributed by atoms with Gasteiger partial charge in [0.15, 0.2) is 5.11 Å². The first kappa shape index (κ1) is 15.9. The molecule has 2 aliphatic heterocycles. The van der Waals surface area contributed by atoms with Crippen molar-refractivity contribution in [2.45, 2.75) is 19.9 Å². The lowest BCUT2D eigenvalue weighted by Gasteiger charge is -2.40. The minimum Gasteiger partial charge on any atom is -0.349 e. The van der Waals surface area contributed by atoms with E-state index < -0.39 is 6.04 Å². The van der Waals surface area contributed by atoms with Gasteiger partial charge in [0.1, 0.15) is 12.6 Å². The van der Waals surface area contributed by atoms with E-state index in [9.17, 15) is 9.59 Å².